The number of carbonyl (C=O) groups excluding carboxylic acids is 1. The number of fused-ring (bicyclic) bond motifs is 1. The molecule has 1 aliphatic heterocycles. The molecule has 0 saturated carbocycles. The summed E-state index contributed by atoms with van der Waals surface area (Å²) in [5, 5.41) is 0. The SMILES string of the molecule is CN1CCc2ccc(C=O)cc21. The molecule has 0 aliphatic carbocycles. The second-order valence-corrected chi connectivity index (χ2v) is 3.18. The highest BCUT2D eigenvalue weighted by atomic mass is 16.1. The molecule has 2 rings (SSSR count). The van der Waals surface area contributed by atoms with Crippen molar-refractivity contribution in [3.05, 3.63) is 29.3 Å². The van der Waals surface area contributed by atoms with Crippen molar-refractivity contribution in [2.45, 2.75) is 6.42 Å². The molecule has 0 atom stereocenters. The fraction of sp³-hybridized carbons (Fsp3) is 0.300. The van der Waals surface area contributed by atoms with Crippen LogP contribution >= 0.6 is 0 Å². The lowest BCUT2D eigenvalue weighted by molar-refractivity contribution is 0.112. The summed E-state index contributed by atoms with van der Waals surface area (Å²) in [6, 6.07) is 5.88. The van der Waals surface area contributed by atoms with Crippen LogP contribution in [0.5, 0.6) is 0 Å². The van der Waals surface area contributed by atoms with E-state index in [4.69, 9.17) is 0 Å². The second kappa shape index (κ2) is 2.63. The van der Waals surface area contributed by atoms with Gasteiger partial charge >= 0.3 is 0 Å². The van der Waals surface area contributed by atoms with E-state index in [1.807, 2.05) is 18.2 Å². The minimum Gasteiger partial charge on any atom is -0.374 e. The smallest absolute Gasteiger partial charge is 0.150 e. The molecule has 2 nitrogen and oxygen atoms in total. The standard InChI is InChI=1S/C10H11NO/c1-11-5-4-9-3-2-8(7-12)6-10(9)11/h2-3,6-7H,4-5H2,1H3. The van der Waals surface area contributed by atoms with Gasteiger partial charge in [-0.15, -0.1) is 0 Å². The minimum absolute atomic E-state index is 0.766. The van der Waals surface area contributed by atoms with E-state index in [0.717, 1.165) is 24.8 Å². The molecule has 1 aliphatic rings. The summed E-state index contributed by atoms with van der Waals surface area (Å²) in [6.45, 7) is 1.07. The van der Waals surface area contributed by atoms with Gasteiger partial charge in [-0.1, -0.05) is 12.1 Å². The van der Waals surface area contributed by atoms with E-state index in [1.54, 1.807) is 0 Å². The molecule has 1 aromatic carbocycles. The number of rotatable bonds is 1. The van der Waals surface area contributed by atoms with Crippen molar-refractivity contribution in [3.8, 4) is 0 Å². The van der Waals surface area contributed by atoms with E-state index in [9.17, 15) is 4.79 Å². The maximum atomic E-state index is 10.5. The Kier molecular flexibility index (Phi) is 1.61. The van der Waals surface area contributed by atoms with Crippen LogP contribution in [0.3, 0.4) is 0 Å². The Labute approximate surface area is 71.8 Å². The molecule has 1 heterocycles. The predicted molar refractivity (Wildman–Crippen MR) is 48.8 cm³/mol. The Morgan fingerprint density at radius 2 is 2.33 bits per heavy atom. The molecule has 12 heavy (non-hydrogen) atoms. The molecule has 0 fully saturated rings. The molecule has 0 amide bonds. The van der Waals surface area contributed by atoms with Crippen molar-refractivity contribution in [2.24, 2.45) is 0 Å². The number of hydrogen-bond donors (Lipinski definition) is 0. The van der Waals surface area contributed by atoms with E-state index in [2.05, 4.69) is 11.9 Å². The van der Waals surface area contributed by atoms with Gasteiger partial charge in [-0.2, -0.15) is 0 Å². The molecule has 0 unspecified atom stereocenters. The zero-order valence-electron chi connectivity index (χ0n) is 7.08. The number of carbonyl (C=O) groups is 1. The van der Waals surface area contributed by atoms with Gasteiger partial charge in [-0.05, 0) is 18.1 Å². The van der Waals surface area contributed by atoms with E-state index in [0.29, 0.717) is 0 Å². The van der Waals surface area contributed by atoms with Gasteiger partial charge in [-0.25, -0.2) is 0 Å². The molecule has 1 aromatic rings. The van der Waals surface area contributed by atoms with Crippen molar-refractivity contribution < 1.29 is 4.79 Å². The van der Waals surface area contributed by atoms with Crippen molar-refractivity contribution in [2.75, 3.05) is 18.5 Å². The summed E-state index contributed by atoms with van der Waals surface area (Å²) in [4.78, 5) is 12.7. The van der Waals surface area contributed by atoms with Crippen LogP contribution in [-0.4, -0.2) is 19.9 Å². The summed E-state index contributed by atoms with van der Waals surface area (Å²) in [7, 11) is 2.06. The van der Waals surface area contributed by atoms with Crippen LogP contribution in [0.1, 0.15) is 15.9 Å². The van der Waals surface area contributed by atoms with Crippen LogP contribution in [0.15, 0.2) is 18.2 Å². The van der Waals surface area contributed by atoms with Gasteiger partial charge in [0.2, 0.25) is 0 Å². The highest BCUT2D eigenvalue weighted by Crippen LogP contribution is 2.26. The number of benzene rings is 1. The first-order valence-corrected chi connectivity index (χ1v) is 4.10. The normalized spacial score (nSPS) is 14.6. The van der Waals surface area contributed by atoms with Gasteiger partial charge < -0.3 is 4.90 Å². The van der Waals surface area contributed by atoms with E-state index >= 15 is 0 Å². The third kappa shape index (κ3) is 0.998. The Morgan fingerprint density at radius 1 is 1.50 bits per heavy atom. The van der Waals surface area contributed by atoms with Crippen LogP contribution in [0, 0.1) is 0 Å². The Balaban J connectivity index is 2.50. The molecule has 62 valence electrons. The molecular weight excluding hydrogens is 150 g/mol. The van der Waals surface area contributed by atoms with Crippen LogP contribution in [0.25, 0.3) is 0 Å². The van der Waals surface area contributed by atoms with Gasteiger partial charge in [0.1, 0.15) is 6.29 Å². The molecule has 0 spiro atoms. The quantitative estimate of drug-likeness (QED) is 0.581. The molecule has 0 bridgehead atoms. The summed E-state index contributed by atoms with van der Waals surface area (Å²) in [5.74, 6) is 0. The lowest BCUT2D eigenvalue weighted by Crippen LogP contribution is -2.12. The Bertz CT molecular complexity index is 320. The van der Waals surface area contributed by atoms with Gasteiger partial charge in [0.05, 0.1) is 0 Å². The van der Waals surface area contributed by atoms with Gasteiger partial charge in [-0.3, -0.25) is 4.79 Å². The average molecular weight is 161 g/mol. The molecule has 0 radical (unpaired) electrons. The molecule has 0 aromatic heterocycles. The number of nitrogens with zero attached hydrogens (tertiary/aromatic N) is 1. The minimum atomic E-state index is 0.766. The van der Waals surface area contributed by atoms with Crippen LogP contribution in [0.4, 0.5) is 5.69 Å². The van der Waals surface area contributed by atoms with Crippen LogP contribution in [0.2, 0.25) is 0 Å². The summed E-state index contributed by atoms with van der Waals surface area (Å²) in [5.41, 5.74) is 3.32. The summed E-state index contributed by atoms with van der Waals surface area (Å²) in [6.07, 6.45) is 2.00. The second-order valence-electron chi connectivity index (χ2n) is 3.18. The zero-order chi connectivity index (χ0) is 8.55. The Hall–Kier alpha value is -1.31. The van der Waals surface area contributed by atoms with Crippen molar-refractivity contribution in [1.29, 1.82) is 0 Å². The highest BCUT2D eigenvalue weighted by Gasteiger charge is 2.14. The number of aldehydes is 1. The average Bonchev–Trinajstić information content (AvgIpc) is 2.47. The molecular formula is C10H11NO. The van der Waals surface area contributed by atoms with E-state index in [-0.39, 0.29) is 0 Å². The topological polar surface area (TPSA) is 20.3 Å². The zero-order valence-corrected chi connectivity index (χ0v) is 7.08. The van der Waals surface area contributed by atoms with Gasteiger partial charge in [0, 0.05) is 24.8 Å². The maximum Gasteiger partial charge on any atom is 0.150 e. The number of likely N-dealkylation sites (N-methyl/N-ethyl adjacent to an activating group) is 1. The fourth-order valence-electron chi connectivity index (χ4n) is 1.63. The van der Waals surface area contributed by atoms with Gasteiger partial charge in [0.15, 0.2) is 0 Å². The number of anilines is 1. The van der Waals surface area contributed by atoms with Gasteiger partial charge in [0.25, 0.3) is 0 Å². The third-order valence-corrected chi connectivity index (χ3v) is 2.37. The first-order chi connectivity index (χ1) is 5.81. The maximum absolute atomic E-state index is 10.5. The van der Waals surface area contributed by atoms with Crippen LogP contribution in [-0.2, 0) is 6.42 Å². The Morgan fingerprint density at radius 3 is 3.08 bits per heavy atom. The summed E-state index contributed by atoms with van der Waals surface area (Å²) >= 11 is 0. The summed E-state index contributed by atoms with van der Waals surface area (Å²) < 4.78 is 0. The predicted octanol–water partition coefficient (Wildman–Crippen LogP) is 1.49. The lowest BCUT2D eigenvalue weighted by Gasteiger charge is -2.11. The van der Waals surface area contributed by atoms with E-state index < -0.39 is 0 Å². The van der Waals surface area contributed by atoms with Crippen molar-refractivity contribution >= 4 is 12.0 Å². The highest BCUT2D eigenvalue weighted by molar-refractivity contribution is 5.78. The molecule has 0 N–H and O–H groups in total. The van der Waals surface area contributed by atoms with Crippen LogP contribution < -0.4 is 4.90 Å². The third-order valence-electron chi connectivity index (χ3n) is 2.37. The lowest BCUT2D eigenvalue weighted by atomic mass is 10.1. The largest absolute Gasteiger partial charge is 0.374 e. The first-order valence-electron chi connectivity index (χ1n) is 4.10. The fourth-order valence-corrected chi connectivity index (χ4v) is 1.63. The molecule has 2 heteroatoms. The monoisotopic (exact) mass is 161 g/mol. The van der Waals surface area contributed by atoms with Crippen molar-refractivity contribution in [1.82, 2.24) is 0 Å². The molecule has 0 saturated heterocycles. The van der Waals surface area contributed by atoms with Crippen molar-refractivity contribution in [3.63, 3.8) is 0 Å². The first kappa shape index (κ1) is 7.35. The van der Waals surface area contributed by atoms with E-state index in [1.165, 1.54) is 11.3 Å². The number of hydrogen-bond acceptors (Lipinski definition) is 2.